The molecule has 20 heavy (non-hydrogen) atoms. The highest BCUT2D eigenvalue weighted by Gasteiger charge is 2.49. The Kier molecular flexibility index (Phi) is 7.89. The van der Waals surface area contributed by atoms with Gasteiger partial charge in [-0.15, -0.1) is 0 Å². The zero-order chi connectivity index (χ0) is 16.2. The average Bonchev–Trinajstić information content (AvgIpc) is 2.22. The summed E-state index contributed by atoms with van der Waals surface area (Å²) in [4.78, 5) is 0. The summed E-state index contributed by atoms with van der Waals surface area (Å²) in [6.45, 7) is 22.2. The van der Waals surface area contributed by atoms with Crippen LogP contribution in [0.25, 0.3) is 0 Å². The van der Waals surface area contributed by atoms with Crippen molar-refractivity contribution < 1.29 is 8.85 Å². The van der Waals surface area contributed by atoms with Crippen LogP contribution in [0.5, 0.6) is 0 Å². The molecule has 0 aromatic rings. The van der Waals surface area contributed by atoms with Crippen LogP contribution >= 0.6 is 0 Å². The van der Waals surface area contributed by atoms with Gasteiger partial charge in [0.25, 0.3) is 0 Å². The maximum Gasteiger partial charge on any atom is 0.335 e. The van der Waals surface area contributed by atoms with Crippen molar-refractivity contribution in [3.63, 3.8) is 0 Å². The molecule has 0 aromatic carbocycles. The summed E-state index contributed by atoms with van der Waals surface area (Å²) in [5, 5.41) is 0.552. The molecule has 0 saturated heterocycles. The number of hydrogen-bond donors (Lipinski definition) is 1. The first-order valence-electron chi connectivity index (χ1n) is 7.92. The molecular formula is C14H37NO2Si3. The van der Waals surface area contributed by atoms with Gasteiger partial charge >= 0.3 is 8.56 Å². The molecule has 3 nitrogen and oxygen atoms in total. The number of rotatable bonds is 9. The van der Waals surface area contributed by atoms with E-state index in [0.717, 1.165) is 19.6 Å². The smallest absolute Gasteiger partial charge is 0.335 e. The predicted octanol–water partition coefficient (Wildman–Crippen LogP) is 3.97. The van der Waals surface area contributed by atoms with E-state index in [9.17, 15) is 0 Å². The van der Waals surface area contributed by atoms with E-state index in [1.54, 1.807) is 0 Å². The molecule has 0 aliphatic carbocycles. The van der Waals surface area contributed by atoms with Crippen LogP contribution in [0.4, 0.5) is 0 Å². The molecule has 0 radical (unpaired) electrons. The van der Waals surface area contributed by atoms with Gasteiger partial charge in [-0.2, -0.15) is 0 Å². The minimum atomic E-state index is -2.15. The third kappa shape index (κ3) is 6.11. The molecule has 0 aliphatic heterocycles. The molecule has 0 aliphatic rings. The lowest BCUT2D eigenvalue weighted by Crippen LogP contribution is -2.57. The van der Waals surface area contributed by atoms with Gasteiger partial charge in [-0.3, -0.25) is 0 Å². The Labute approximate surface area is 129 Å². The predicted molar refractivity (Wildman–Crippen MR) is 97.9 cm³/mol. The van der Waals surface area contributed by atoms with Gasteiger partial charge in [0, 0.05) is 13.2 Å². The maximum absolute atomic E-state index is 6.53. The third-order valence-electron chi connectivity index (χ3n) is 4.14. The van der Waals surface area contributed by atoms with Gasteiger partial charge < -0.3 is 14.6 Å². The van der Waals surface area contributed by atoms with E-state index < -0.39 is 24.7 Å². The van der Waals surface area contributed by atoms with Gasteiger partial charge in [-0.05, 0) is 37.6 Å². The van der Waals surface area contributed by atoms with Crippen LogP contribution < -0.4 is 5.73 Å². The molecule has 2 unspecified atom stereocenters. The van der Waals surface area contributed by atoms with Crippen molar-refractivity contribution in [2.75, 3.05) is 13.2 Å². The van der Waals surface area contributed by atoms with E-state index in [0.29, 0.717) is 10.8 Å². The van der Waals surface area contributed by atoms with Crippen LogP contribution in [0, 0.1) is 0 Å². The SMILES string of the molecule is CCO[Si](C)(OCC)C(CC(N)[Si](C)(C)C)[Si](C)(C)C. The minimum Gasteiger partial charge on any atom is -0.395 e. The summed E-state index contributed by atoms with van der Waals surface area (Å²) in [7, 11) is -4.85. The Balaban J connectivity index is 5.33. The monoisotopic (exact) mass is 335 g/mol. The molecule has 0 bridgehead atoms. The highest BCUT2D eigenvalue weighted by molar-refractivity contribution is 6.92. The minimum absolute atomic E-state index is 0.326. The second-order valence-corrected chi connectivity index (χ2v) is 22.8. The van der Waals surface area contributed by atoms with Crippen molar-refractivity contribution >= 4 is 24.7 Å². The summed E-state index contributed by atoms with van der Waals surface area (Å²) >= 11 is 0. The molecular weight excluding hydrogens is 298 g/mol. The van der Waals surface area contributed by atoms with Gasteiger partial charge in [0.05, 0.1) is 16.1 Å². The van der Waals surface area contributed by atoms with Crippen LogP contribution in [-0.2, 0) is 8.85 Å². The normalized spacial score (nSPS) is 17.1. The molecule has 0 amide bonds. The van der Waals surface area contributed by atoms with E-state index in [-0.39, 0.29) is 0 Å². The lowest BCUT2D eigenvalue weighted by atomic mass is 10.5. The third-order valence-corrected chi connectivity index (χ3v) is 16.3. The molecule has 0 spiro atoms. The van der Waals surface area contributed by atoms with E-state index in [1.165, 1.54) is 0 Å². The molecule has 0 heterocycles. The summed E-state index contributed by atoms with van der Waals surface area (Å²) in [6, 6.07) is 0. The van der Waals surface area contributed by atoms with Crippen LogP contribution in [0.15, 0.2) is 0 Å². The van der Waals surface area contributed by atoms with Crippen molar-refractivity contribution in [3.05, 3.63) is 0 Å². The summed E-state index contributed by atoms with van der Waals surface area (Å²) < 4.78 is 12.4. The molecule has 2 N–H and O–H groups in total. The second kappa shape index (κ2) is 7.69. The van der Waals surface area contributed by atoms with E-state index in [2.05, 4.69) is 59.7 Å². The molecule has 122 valence electrons. The second-order valence-electron chi connectivity index (χ2n) is 8.01. The molecule has 0 rings (SSSR count). The molecule has 0 fully saturated rings. The van der Waals surface area contributed by atoms with Gasteiger partial charge in [0.1, 0.15) is 0 Å². The number of nitrogens with two attached hydrogens (primary N) is 1. The number of hydrogen-bond acceptors (Lipinski definition) is 3. The molecule has 0 saturated carbocycles. The Morgan fingerprint density at radius 3 is 1.45 bits per heavy atom. The van der Waals surface area contributed by atoms with Gasteiger partial charge in [-0.25, -0.2) is 0 Å². The largest absolute Gasteiger partial charge is 0.395 e. The van der Waals surface area contributed by atoms with Crippen molar-refractivity contribution in [3.8, 4) is 0 Å². The van der Waals surface area contributed by atoms with Crippen molar-refractivity contribution in [1.29, 1.82) is 0 Å². The zero-order valence-electron chi connectivity index (χ0n) is 15.2. The summed E-state index contributed by atoms with van der Waals surface area (Å²) in [5.41, 5.74) is 6.86. The van der Waals surface area contributed by atoms with E-state index in [1.807, 2.05) is 0 Å². The highest BCUT2D eigenvalue weighted by atomic mass is 28.4. The van der Waals surface area contributed by atoms with Crippen molar-refractivity contribution in [2.24, 2.45) is 5.73 Å². The standard InChI is InChI=1S/C14H37NO2Si3/c1-10-16-20(9,17-11-2)14(19(6,7)8)12-13(15)18(3,4)5/h13-14H,10-12,15H2,1-9H3. The van der Waals surface area contributed by atoms with E-state index in [4.69, 9.17) is 14.6 Å². The highest BCUT2D eigenvalue weighted by Crippen LogP contribution is 2.38. The first-order chi connectivity index (χ1) is 8.88. The average molecular weight is 336 g/mol. The fraction of sp³-hybridized carbons (Fsp3) is 1.00. The van der Waals surface area contributed by atoms with Crippen LogP contribution in [0.3, 0.4) is 0 Å². The summed E-state index contributed by atoms with van der Waals surface area (Å²) in [6.07, 6.45) is 1.08. The Morgan fingerprint density at radius 1 is 0.800 bits per heavy atom. The van der Waals surface area contributed by atoms with Crippen LogP contribution in [0.2, 0.25) is 51.0 Å². The molecule has 6 heteroatoms. The van der Waals surface area contributed by atoms with Gasteiger partial charge in [-0.1, -0.05) is 39.3 Å². The first-order valence-corrected chi connectivity index (χ1v) is 17.5. The molecule has 0 aromatic heterocycles. The lowest BCUT2D eigenvalue weighted by Gasteiger charge is -2.43. The van der Waals surface area contributed by atoms with Crippen molar-refractivity contribution in [2.45, 2.75) is 76.9 Å². The Hall–Kier alpha value is 0.531. The van der Waals surface area contributed by atoms with E-state index >= 15 is 0 Å². The fourth-order valence-electron chi connectivity index (χ4n) is 2.78. The van der Waals surface area contributed by atoms with Crippen LogP contribution in [0.1, 0.15) is 20.3 Å². The molecule has 2 atom stereocenters. The fourth-order valence-corrected chi connectivity index (χ4v) is 14.3. The lowest BCUT2D eigenvalue weighted by molar-refractivity contribution is 0.183. The maximum atomic E-state index is 6.53. The zero-order valence-corrected chi connectivity index (χ0v) is 18.2. The summed E-state index contributed by atoms with van der Waals surface area (Å²) in [5.74, 6) is 0. The first kappa shape index (κ1) is 20.5. The topological polar surface area (TPSA) is 44.5 Å². The van der Waals surface area contributed by atoms with Gasteiger partial charge in [0.15, 0.2) is 0 Å². The quantitative estimate of drug-likeness (QED) is 0.648. The Bertz CT molecular complexity index is 281. The van der Waals surface area contributed by atoms with Crippen molar-refractivity contribution in [1.82, 2.24) is 0 Å². The van der Waals surface area contributed by atoms with Crippen LogP contribution in [-0.4, -0.2) is 43.6 Å². The Morgan fingerprint density at radius 2 is 1.20 bits per heavy atom. The van der Waals surface area contributed by atoms with Gasteiger partial charge in [0.2, 0.25) is 0 Å².